The number of rotatable bonds is 7. The number of benzene rings is 2. The Balaban J connectivity index is 1.58. The second kappa shape index (κ2) is 11.2. The van der Waals surface area contributed by atoms with Gasteiger partial charge in [0.2, 0.25) is 5.91 Å². The maximum Gasteiger partial charge on any atom is 0.227 e. The van der Waals surface area contributed by atoms with Crippen molar-refractivity contribution in [2.75, 3.05) is 38.7 Å². The number of carbonyl (C=O) groups is 1. The third-order valence-corrected chi connectivity index (χ3v) is 7.21. The van der Waals surface area contributed by atoms with Crippen LogP contribution in [0.1, 0.15) is 42.0 Å². The molecule has 0 aliphatic carbocycles. The molecule has 0 spiro atoms. The number of amides is 1. The number of carbonyl (C=O) groups excluding carboxylic acids is 1. The fraction of sp³-hybridized carbons (Fsp3) is 0.462. The van der Waals surface area contributed by atoms with Crippen molar-refractivity contribution in [3.63, 3.8) is 0 Å². The van der Waals surface area contributed by atoms with Crippen molar-refractivity contribution >= 4 is 28.9 Å². The van der Waals surface area contributed by atoms with Gasteiger partial charge in [0.25, 0.3) is 0 Å². The van der Waals surface area contributed by atoms with Gasteiger partial charge in [-0.3, -0.25) is 4.79 Å². The molecule has 2 aromatic rings. The van der Waals surface area contributed by atoms with Crippen LogP contribution in [0.25, 0.3) is 0 Å². The number of hydrogen-bond donors (Lipinski definition) is 3. The largest absolute Gasteiger partial charge is 0.496 e. The van der Waals surface area contributed by atoms with Gasteiger partial charge in [0.1, 0.15) is 5.75 Å². The molecule has 1 amide bonds. The first-order valence-corrected chi connectivity index (χ1v) is 12.4. The van der Waals surface area contributed by atoms with Gasteiger partial charge in [0.05, 0.1) is 13.2 Å². The number of methoxy groups -OCH3 is 1. The lowest BCUT2D eigenvalue weighted by molar-refractivity contribution is -0.118. The summed E-state index contributed by atoms with van der Waals surface area (Å²) < 4.78 is 5.73. The molecule has 7 nitrogen and oxygen atoms in total. The van der Waals surface area contributed by atoms with E-state index in [0.717, 1.165) is 53.5 Å². The average molecular weight is 482 g/mol. The normalized spacial score (nSPS) is 20.1. The molecule has 2 aliphatic rings. The number of thiocarbonyl (C=S) groups is 1. The maximum absolute atomic E-state index is 12.3. The summed E-state index contributed by atoms with van der Waals surface area (Å²) in [6, 6.07) is 15.0. The van der Waals surface area contributed by atoms with Crippen LogP contribution < -0.4 is 26.0 Å². The molecular weight excluding hydrogens is 446 g/mol. The van der Waals surface area contributed by atoms with Crippen molar-refractivity contribution in [2.24, 2.45) is 5.73 Å². The Morgan fingerprint density at radius 3 is 2.76 bits per heavy atom. The highest BCUT2D eigenvalue weighted by molar-refractivity contribution is 7.80. The van der Waals surface area contributed by atoms with E-state index in [1.54, 1.807) is 12.0 Å². The highest BCUT2D eigenvalue weighted by Crippen LogP contribution is 2.35. The van der Waals surface area contributed by atoms with Gasteiger partial charge in [-0.05, 0) is 54.7 Å². The summed E-state index contributed by atoms with van der Waals surface area (Å²) >= 11 is 5.75. The summed E-state index contributed by atoms with van der Waals surface area (Å²) in [5, 5.41) is 7.85. The number of nitrogens with one attached hydrogen (secondary N) is 2. The number of piperidine rings is 1. The second-order valence-electron chi connectivity index (χ2n) is 8.94. The highest BCUT2D eigenvalue weighted by Gasteiger charge is 2.34. The van der Waals surface area contributed by atoms with Gasteiger partial charge < -0.3 is 30.9 Å². The van der Waals surface area contributed by atoms with E-state index in [1.165, 1.54) is 5.56 Å². The number of ether oxygens (including phenoxy) is 1. The first-order chi connectivity index (χ1) is 16.5. The third kappa shape index (κ3) is 5.19. The maximum atomic E-state index is 12.3. The van der Waals surface area contributed by atoms with Crippen LogP contribution in [0.5, 0.6) is 5.75 Å². The van der Waals surface area contributed by atoms with E-state index in [1.807, 2.05) is 13.1 Å². The van der Waals surface area contributed by atoms with Crippen LogP contribution in [0.4, 0.5) is 5.69 Å². The van der Waals surface area contributed by atoms with Gasteiger partial charge >= 0.3 is 0 Å². The van der Waals surface area contributed by atoms with Crippen molar-refractivity contribution in [3.8, 4) is 5.75 Å². The van der Waals surface area contributed by atoms with Gasteiger partial charge in [-0.15, -0.1) is 0 Å². The molecule has 182 valence electrons. The molecule has 0 radical (unpaired) electrons. The van der Waals surface area contributed by atoms with Crippen molar-refractivity contribution in [1.29, 1.82) is 0 Å². The van der Waals surface area contributed by atoms with Crippen LogP contribution >= 0.6 is 12.2 Å². The molecule has 8 heteroatoms. The molecule has 2 atom stereocenters. The Hall–Kier alpha value is -2.68. The predicted octanol–water partition coefficient (Wildman–Crippen LogP) is 2.73. The van der Waals surface area contributed by atoms with Gasteiger partial charge in [0, 0.05) is 56.9 Å². The van der Waals surface area contributed by atoms with E-state index >= 15 is 0 Å². The number of nitrogens with zero attached hydrogens (tertiary/aromatic N) is 2. The summed E-state index contributed by atoms with van der Waals surface area (Å²) in [5.74, 6) is 1.01. The van der Waals surface area contributed by atoms with E-state index in [9.17, 15) is 4.79 Å². The fourth-order valence-electron chi connectivity index (χ4n) is 5.06. The number of anilines is 1. The van der Waals surface area contributed by atoms with Crippen LogP contribution in [0.2, 0.25) is 0 Å². The van der Waals surface area contributed by atoms with Crippen molar-refractivity contribution in [3.05, 3.63) is 59.2 Å². The molecule has 0 bridgehead atoms. The summed E-state index contributed by atoms with van der Waals surface area (Å²) in [7, 11) is 3.56. The van der Waals surface area contributed by atoms with Crippen LogP contribution in [0, 0.1) is 0 Å². The Kier molecular flexibility index (Phi) is 8.03. The standard InChI is InChI=1S/C26H35N5O2S/c1-30-22-15-20(23(33-2)16-19(22)10-11-24(30)32)17-29-21-9-6-14-31(26(34)28-13-12-27)25(21)18-7-4-3-5-8-18/h3-5,7-8,15-16,21,25,29H,6,9-14,17,27H2,1-2H3,(H,28,34)/t21-,25-/m0/s1. The van der Waals surface area contributed by atoms with E-state index in [-0.39, 0.29) is 18.0 Å². The van der Waals surface area contributed by atoms with E-state index in [4.69, 9.17) is 22.7 Å². The first-order valence-electron chi connectivity index (χ1n) is 12.0. The SMILES string of the molecule is COc1cc2c(cc1CN[C@H]1CCCN(C(=S)NCCN)[C@H]1c1ccccc1)N(C)C(=O)CC2. The zero-order valence-electron chi connectivity index (χ0n) is 20.0. The summed E-state index contributed by atoms with van der Waals surface area (Å²) in [5.41, 5.74) is 10.1. The van der Waals surface area contributed by atoms with E-state index in [2.05, 4.69) is 51.9 Å². The summed E-state index contributed by atoms with van der Waals surface area (Å²) in [6.07, 6.45) is 3.38. The van der Waals surface area contributed by atoms with Crippen LogP contribution in [0.15, 0.2) is 42.5 Å². The fourth-order valence-corrected chi connectivity index (χ4v) is 5.37. The quantitative estimate of drug-likeness (QED) is 0.525. The molecule has 0 saturated carbocycles. The Bertz CT molecular complexity index is 1020. The Morgan fingerprint density at radius 2 is 2.03 bits per heavy atom. The summed E-state index contributed by atoms with van der Waals surface area (Å²) in [6.45, 7) is 2.75. The van der Waals surface area contributed by atoms with Crippen LogP contribution in [-0.2, 0) is 17.8 Å². The molecule has 0 aromatic heterocycles. The Labute approximate surface area is 207 Å². The Morgan fingerprint density at radius 1 is 1.24 bits per heavy atom. The van der Waals surface area contributed by atoms with Crippen molar-refractivity contribution in [1.82, 2.24) is 15.5 Å². The lowest BCUT2D eigenvalue weighted by atomic mass is 9.90. The number of fused-ring (bicyclic) bond motifs is 1. The highest BCUT2D eigenvalue weighted by atomic mass is 32.1. The molecule has 2 heterocycles. The lowest BCUT2D eigenvalue weighted by Crippen LogP contribution is -2.53. The third-order valence-electron chi connectivity index (χ3n) is 6.83. The second-order valence-corrected chi connectivity index (χ2v) is 9.33. The first kappa shape index (κ1) is 24.4. The number of aryl methyl sites for hydroxylation is 1. The molecule has 1 fully saturated rings. The molecule has 1 saturated heterocycles. The monoisotopic (exact) mass is 481 g/mol. The minimum atomic E-state index is 0.112. The number of likely N-dealkylation sites (tertiary alicyclic amines) is 1. The molecule has 2 aliphatic heterocycles. The van der Waals surface area contributed by atoms with Crippen molar-refractivity contribution < 1.29 is 9.53 Å². The summed E-state index contributed by atoms with van der Waals surface area (Å²) in [4.78, 5) is 16.3. The number of hydrogen-bond acceptors (Lipinski definition) is 5. The minimum Gasteiger partial charge on any atom is -0.496 e. The molecular formula is C26H35N5O2S. The number of nitrogens with two attached hydrogens (primary N) is 1. The van der Waals surface area contributed by atoms with Crippen LogP contribution in [0.3, 0.4) is 0 Å². The zero-order valence-corrected chi connectivity index (χ0v) is 20.9. The zero-order chi connectivity index (χ0) is 24.1. The van der Waals surface area contributed by atoms with Crippen LogP contribution in [-0.4, -0.2) is 55.8 Å². The lowest BCUT2D eigenvalue weighted by Gasteiger charge is -2.43. The van der Waals surface area contributed by atoms with E-state index in [0.29, 0.717) is 26.1 Å². The van der Waals surface area contributed by atoms with E-state index < -0.39 is 0 Å². The van der Waals surface area contributed by atoms with Gasteiger partial charge in [0.15, 0.2) is 5.11 Å². The van der Waals surface area contributed by atoms with Gasteiger partial charge in [-0.2, -0.15) is 0 Å². The van der Waals surface area contributed by atoms with Crippen molar-refractivity contribution in [2.45, 2.75) is 44.3 Å². The smallest absolute Gasteiger partial charge is 0.227 e. The van der Waals surface area contributed by atoms with Gasteiger partial charge in [-0.1, -0.05) is 30.3 Å². The molecule has 0 unspecified atom stereocenters. The average Bonchev–Trinajstić information content (AvgIpc) is 2.88. The molecule has 4 N–H and O–H groups in total. The molecule has 2 aromatic carbocycles. The molecule has 4 rings (SSSR count). The predicted molar refractivity (Wildman–Crippen MR) is 140 cm³/mol. The molecule has 34 heavy (non-hydrogen) atoms. The van der Waals surface area contributed by atoms with Gasteiger partial charge in [-0.25, -0.2) is 0 Å². The topological polar surface area (TPSA) is 82.9 Å². The minimum absolute atomic E-state index is 0.112.